The lowest BCUT2D eigenvalue weighted by Crippen LogP contribution is -2.35. The first kappa shape index (κ1) is 19.8. The average Bonchev–Trinajstić information content (AvgIpc) is 3.30. The predicted molar refractivity (Wildman–Crippen MR) is 119 cm³/mol. The quantitative estimate of drug-likeness (QED) is 0.477. The minimum absolute atomic E-state index is 0.123. The highest BCUT2D eigenvalue weighted by Gasteiger charge is 2.17. The molecule has 0 unspecified atom stereocenters. The van der Waals surface area contributed by atoms with Crippen LogP contribution in [-0.4, -0.2) is 34.7 Å². The Morgan fingerprint density at radius 1 is 1.10 bits per heavy atom. The van der Waals surface area contributed by atoms with E-state index in [0.29, 0.717) is 17.6 Å². The summed E-state index contributed by atoms with van der Waals surface area (Å²) in [5, 5.41) is 7.86. The van der Waals surface area contributed by atoms with E-state index in [0.717, 1.165) is 21.6 Å². The first-order valence-electron chi connectivity index (χ1n) is 9.47. The summed E-state index contributed by atoms with van der Waals surface area (Å²) < 4.78 is 6.51. The minimum Gasteiger partial charge on any atom is -0.497 e. The topological polar surface area (TPSA) is 64.4 Å². The van der Waals surface area contributed by atoms with Gasteiger partial charge in [-0.3, -0.25) is 9.59 Å². The summed E-state index contributed by atoms with van der Waals surface area (Å²) in [6, 6.07) is 18.8. The molecule has 0 aliphatic carbocycles. The molecule has 2 aromatic carbocycles. The Morgan fingerprint density at radius 2 is 1.90 bits per heavy atom. The number of fused-ring (bicyclic) bond motifs is 1. The largest absolute Gasteiger partial charge is 0.497 e. The average molecular weight is 420 g/mol. The van der Waals surface area contributed by atoms with Crippen molar-refractivity contribution in [1.82, 2.24) is 14.7 Å². The predicted octanol–water partition coefficient (Wildman–Crippen LogP) is 3.79. The molecular formula is C23H21N3O3S. The molecule has 2 heterocycles. The van der Waals surface area contributed by atoms with E-state index in [-0.39, 0.29) is 18.0 Å². The molecule has 6 nitrogen and oxygen atoms in total. The maximum atomic E-state index is 13.0. The van der Waals surface area contributed by atoms with Crippen molar-refractivity contribution in [2.45, 2.75) is 13.1 Å². The fourth-order valence-corrected chi connectivity index (χ4v) is 4.04. The molecule has 0 aliphatic heterocycles. The number of carbonyl (C=O) groups excluding carboxylic acids is 1. The lowest BCUT2D eigenvalue weighted by molar-refractivity contribution is -0.131. The van der Waals surface area contributed by atoms with Gasteiger partial charge in [0.2, 0.25) is 5.91 Å². The van der Waals surface area contributed by atoms with Gasteiger partial charge in [-0.05, 0) is 35.2 Å². The Labute approximate surface area is 178 Å². The number of carbonyl (C=O) groups is 1. The van der Waals surface area contributed by atoms with Crippen LogP contribution in [0.1, 0.15) is 5.56 Å². The maximum Gasteiger partial charge on any atom is 0.275 e. The monoisotopic (exact) mass is 419 g/mol. The van der Waals surface area contributed by atoms with Crippen LogP contribution in [-0.2, 0) is 17.9 Å². The Balaban J connectivity index is 1.64. The van der Waals surface area contributed by atoms with Crippen molar-refractivity contribution < 1.29 is 9.53 Å². The Morgan fingerprint density at radius 3 is 2.63 bits per heavy atom. The van der Waals surface area contributed by atoms with Gasteiger partial charge in [-0.2, -0.15) is 5.10 Å². The molecule has 0 aliphatic rings. The number of ether oxygens (including phenoxy) is 1. The fourth-order valence-electron chi connectivity index (χ4n) is 3.32. The Bertz CT molecular complexity index is 1250. The Kier molecular flexibility index (Phi) is 5.63. The number of nitrogens with zero attached hydrogens (tertiary/aromatic N) is 3. The van der Waals surface area contributed by atoms with Crippen molar-refractivity contribution in [2.24, 2.45) is 0 Å². The summed E-state index contributed by atoms with van der Waals surface area (Å²) in [5.74, 6) is 0.543. The zero-order chi connectivity index (χ0) is 21.1. The van der Waals surface area contributed by atoms with E-state index in [4.69, 9.17) is 4.74 Å². The van der Waals surface area contributed by atoms with Gasteiger partial charge in [0.25, 0.3) is 5.56 Å². The van der Waals surface area contributed by atoms with Crippen molar-refractivity contribution in [3.05, 3.63) is 82.0 Å². The first-order valence-corrected chi connectivity index (χ1v) is 10.4. The molecule has 2 aromatic heterocycles. The number of methoxy groups -OCH3 is 1. The number of aromatic nitrogens is 2. The SMILES string of the molecule is COc1cccc(CN(C)C(=O)Cn2nc(-c3cccs3)c3ccccc3c2=O)c1. The summed E-state index contributed by atoms with van der Waals surface area (Å²) in [7, 11) is 3.32. The van der Waals surface area contributed by atoms with Gasteiger partial charge >= 0.3 is 0 Å². The van der Waals surface area contributed by atoms with Crippen LogP contribution in [0.25, 0.3) is 21.3 Å². The number of likely N-dealkylation sites (N-methyl/N-ethyl adjacent to an activating group) is 1. The number of amides is 1. The first-order chi connectivity index (χ1) is 14.6. The highest BCUT2D eigenvalue weighted by Crippen LogP contribution is 2.28. The number of benzene rings is 2. The van der Waals surface area contributed by atoms with Gasteiger partial charge < -0.3 is 9.64 Å². The van der Waals surface area contributed by atoms with Crippen LogP contribution in [0.3, 0.4) is 0 Å². The molecule has 0 spiro atoms. The van der Waals surface area contributed by atoms with Crippen molar-refractivity contribution in [3.63, 3.8) is 0 Å². The van der Waals surface area contributed by atoms with Gasteiger partial charge in [0.1, 0.15) is 18.0 Å². The third-order valence-electron chi connectivity index (χ3n) is 4.89. The van der Waals surface area contributed by atoms with Crippen LogP contribution >= 0.6 is 11.3 Å². The van der Waals surface area contributed by atoms with E-state index in [1.54, 1.807) is 36.5 Å². The summed E-state index contributed by atoms with van der Waals surface area (Å²) in [5.41, 5.74) is 1.39. The normalized spacial score (nSPS) is 10.9. The molecular weight excluding hydrogens is 398 g/mol. The van der Waals surface area contributed by atoms with Gasteiger partial charge in [-0.1, -0.05) is 36.4 Å². The molecule has 0 saturated carbocycles. The van der Waals surface area contributed by atoms with Crippen LogP contribution in [0.15, 0.2) is 70.8 Å². The molecule has 0 bridgehead atoms. The second kappa shape index (κ2) is 8.51. The Hall–Kier alpha value is -3.45. The summed E-state index contributed by atoms with van der Waals surface area (Å²) in [6.07, 6.45) is 0. The number of hydrogen-bond donors (Lipinski definition) is 0. The van der Waals surface area contributed by atoms with Gasteiger partial charge in [0.05, 0.1) is 17.4 Å². The van der Waals surface area contributed by atoms with E-state index in [1.807, 2.05) is 60.0 Å². The second-order valence-electron chi connectivity index (χ2n) is 6.94. The summed E-state index contributed by atoms with van der Waals surface area (Å²) >= 11 is 1.55. The maximum absolute atomic E-state index is 13.0. The van der Waals surface area contributed by atoms with E-state index in [1.165, 1.54) is 4.68 Å². The molecule has 30 heavy (non-hydrogen) atoms. The molecule has 0 fully saturated rings. The second-order valence-corrected chi connectivity index (χ2v) is 7.88. The molecule has 152 valence electrons. The molecule has 4 aromatic rings. The number of rotatable bonds is 6. The van der Waals surface area contributed by atoms with E-state index in [2.05, 4.69) is 5.10 Å². The number of hydrogen-bond acceptors (Lipinski definition) is 5. The molecule has 4 rings (SSSR count). The highest BCUT2D eigenvalue weighted by molar-refractivity contribution is 7.13. The highest BCUT2D eigenvalue weighted by atomic mass is 32.1. The third kappa shape index (κ3) is 3.97. The van der Waals surface area contributed by atoms with Gasteiger partial charge in [-0.15, -0.1) is 11.3 Å². The molecule has 0 radical (unpaired) electrons. The van der Waals surface area contributed by atoms with Crippen LogP contribution in [0.5, 0.6) is 5.75 Å². The van der Waals surface area contributed by atoms with Crippen LogP contribution in [0.2, 0.25) is 0 Å². The molecule has 7 heteroatoms. The van der Waals surface area contributed by atoms with Crippen LogP contribution < -0.4 is 10.3 Å². The van der Waals surface area contributed by atoms with Crippen molar-refractivity contribution in [1.29, 1.82) is 0 Å². The zero-order valence-corrected chi connectivity index (χ0v) is 17.6. The van der Waals surface area contributed by atoms with E-state index >= 15 is 0 Å². The summed E-state index contributed by atoms with van der Waals surface area (Å²) in [4.78, 5) is 28.4. The van der Waals surface area contributed by atoms with Crippen LogP contribution in [0.4, 0.5) is 0 Å². The van der Waals surface area contributed by atoms with Crippen molar-refractivity contribution in [2.75, 3.05) is 14.2 Å². The van der Waals surface area contributed by atoms with Gasteiger partial charge in [0.15, 0.2) is 0 Å². The molecule has 1 amide bonds. The van der Waals surface area contributed by atoms with E-state index < -0.39 is 0 Å². The number of thiophene rings is 1. The molecule has 0 saturated heterocycles. The van der Waals surface area contributed by atoms with Crippen molar-refractivity contribution in [3.8, 4) is 16.3 Å². The fraction of sp³-hybridized carbons (Fsp3) is 0.174. The van der Waals surface area contributed by atoms with Crippen LogP contribution in [0, 0.1) is 0 Å². The minimum atomic E-state index is -0.269. The third-order valence-corrected chi connectivity index (χ3v) is 5.76. The van der Waals surface area contributed by atoms with Crippen molar-refractivity contribution >= 4 is 28.0 Å². The lowest BCUT2D eigenvalue weighted by Gasteiger charge is -2.18. The zero-order valence-electron chi connectivity index (χ0n) is 16.7. The molecule has 0 N–H and O–H groups in total. The molecule has 0 atom stereocenters. The smallest absolute Gasteiger partial charge is 0.275 e. The van der Waals surface area contributed by atoms with Gasteiger partial charge in [-0.25, -0.2) is 4.68 Å². The van der Waals surface area contributed by atoms with Gasteiger partial charge in [0, 0.05) is 19.0 Å². The lowest BCUT2D eigenvalue weighted by atomic mass is 10.1. The summed E-state index contributed by atoms with van der Waals surface area (Å²) in [6.45, 7) is 0.290. The van der Waals surface area contributed by atoms with E-state index in [9.17, 15) is 9.59 Å². The standard InChI is InChI=1S/C23H21N3O3S/c1-25(14-16-7-5-8-17(13-16)29-2)21(27)15-26-23(28)19-10-4-3-9-18(19)22(24-26)20-11-6-12-30-20/h3-13H,14-15H2,1-2H3.